The summed E-state index contributed by atoms with van der Waals surface area (Å²) in [6.07, 6.45) is 0.204. The van der Waals surface area contributed by atoms with Crippen molar-refractivity contribution in [1.29, 1.82) is 0 Å². The SMILES string of the molecule is O=C(NC1CC(=O)N(c2cccc(F)c2)C1)c1ccc2ccccc2c1. The van der Waals surface area contributed by atoms with Crippen LogP contribution in [0.1, 0.15) is 16.8 Å². The van der Waals surface area contributed by atoms with E-state index in [9.17, 15) is 14.0 Å². The van der Waals surface area contributed by atoms with E-state index in [0.717, 1.165) is 10.8 Å². The van der Waals surface area contributed by atoms with Gasteiger partial charge in [-0.15, -0.1) is 0 Å². The van der Waals surface area contributed by atoms with Gasteiger partial charge in [-0.05, 0) is 41.1 Å². The highest BCUT2D eigenvalue weighted by molar-refractivity contribution is 6.00. The van der Waals surface area contributed by atoms with E-state index in [-0.39, 0.29) is 30.1 Å². The molecule has 4 rings (SSSR count). The van der Waals surface area contributed by atoms with Gasteiger partial charge < -0.3 is 10.2 Å². The fraction of sp³-hybridized carbons (Fsp3) is 0.143. The number of fused-ring (bicyclic) bond motifs is 1. The van der Waals surface area contributed by atoms with Crippen molar-refractivity contribution in [2.24, 2.45) is 0 Å². The zero-order valence-electron chi connectivity index (χ0n) is 14.0. The van der Waals surface area contributed by atoms with Gasteiger partial charge in [0.1, 0.15) is 5.82 Å². The van der Waals surface area contributed by atoms with Crippen molar-refractivity contribution < 1.29 is 14.0 Å². The van der Waals surface area contributed by atoms with Gasteiger partial charge in [0, 0.05) is 24.2 Å². The molecule has 1 atom stereocenters. The van der Waals surface area contributed by atoms with Gasteiger partial charge in [0.15, 0.2) is 0 Å². The van der Waals surface area contributed by atoms with Crippen LogP contribution in [0.3, 0.4) is 0 Å². The quantitative estimate of drug-likeness (QED) is 0.787. The standard InChI is InChI=1S/C21H17FN2O2/c22-17-6-3-7-19(11-17)24-13-18(12-20(24)25)23-21(26)16-9-8-14-4-1-2-5-15(14)10-16/h1-11,18H,12-13H2,(H,23,26). The number of nitrogens with one attached hydrogen (secondary N) is 1. The van der Waals surface area contributed by atoms with Gasteiger partial charge in [0.2, 0.25) is 5.91 Å². The van der Waals surface area contributed by atoms with E-state index in [1.54, 1.807) is 18.2 Å². The van der Waals surface area contributed by atoms with E-state index >= 15 is 0 Å². The summed E-state index contributed by atoms with van der Waals surface area (Å²) in [6, 6.07) is 19.0. The smallest absolute Gasteiger partial charge is 0.251 e. The van der Waals surface area contributed by atoms with E-state index in [0.29, 0.717) is 17.8 Å². The number of rotatable bonds is 3. The molecular weight excluding hydrogens is 331 g/mol. The number of amides is 2. The Labute approximate surface area is 150 Å². The van der Waals surface area contributed by atoms with Crippen LogP contribution in [0.25, 0.3) is 10.8 Å². The fourth-order valence-corrected chi connectivity index (χ4v) is 3.30. The minimum atomic E-state index is -0.390. The molecule has 0 radical (unpaired) electrons. The molecule has 0 aromatic heterocycles. The number of hydrogen-bond donors (Lipinski definition) is 1. The van der Waals surface area contributed by atoms with Crippen LogP contribution in [0.5, 0.6) is 0 Å². The molecule has 1 heterocycles. The lowest BCUT2D eigenvalue weighted by atomic mass is 10.1. The Hall–Kier alpha value is -3.21. The van der Waals surface area contributed by atoms with Gasteiger partial charge in [-0.3, -0.25) is 9.59 Å². The average molecular weight is 348 g/mol. The van der Waals surface area contributed by atoms with Crippen molar-refractivity contribution in [3.05, 3.63) is 78.1 Å². The van der Waals surface area contributed by atoms with Gasteiger partial charge in [-0.2, -0.15) is 0 Å². The molecular formula is C21H17FN2O2. The number of halogens is 1. The minimum absolute atomic E-state index is 0.126. The molecule has 1 saturated heterocycles. The van der Waals surface area contributed by atoms with E-state index in [2.05, 4.69) is 5.32 Å². The van der Waals surface area contributed by atoms with Gasteiger partial charge in [0.25, 0.3) is 5.91 Å². The summed E-state index contributed by atoms with van der Waals surface area (Å²) < 4.78 is 13.4. The highest BCUT2D eigenvalue weighted by Gasteiger charge is 2.31. The highest BCUT2D eigenvalue weighted by Crippen LogP contribution is 2.23. The van der Waals surface area contributed by atoms with E-state index in [1.807, 2.05) is 36.4 Å². The fourth-order valence-electron chi connectivity index (χ4n) is 3.30. The Morgan fingerprint density at radius 1 is 1.00 bits per heavy atom. The monoisotopic (exact) mass is 348 g/mol. The summed E-state index contributed by atoms with van der Waals surface area (Å²) in [6.45, 7) is 0.335. The highest BCUT2D eigenvalue weighted by atomic mass is 19.1. The molecule has 2 amide bonds. The van der Waals surface area contributed by atoms with Crippen LogP contribution < -0.4 is 10.2 Å². The van der Waals surface area contributed by atoms with Gasteiger partial charge in [-0.1, -0.05) is 36.4 Å². The maximum absolute atomic E-state index is 13.4. The third kappa shape index (κ3) is 3.16. The molecule has 1 N–H and O–H groups in total. The Balaban J connectivity index is 1.48. The number of hydrogen-bond acceptors (Lipinski definition) is 2. The summed E-state index contributed by atoms with van der Waals surface area (Å²) >= 11 is 0. The number of anilines is 1. The van der Waals surface area contributed by atoms with Crippen LogP contribution in [-0.4, -0.2) is 24.4 Å². The number of nitrogens with zero attached hydrogens (tertiary/aromatic N) is 1. The molecule has 1 aliphatic rings. The van der Waals surface area contributed by atoms with Crippen molar-refractivity contribution in [1.82, 2.24) is 5.32 Å². The first-order valence-electron chi connectivity index (χ1n) is 8.46. The molecule has 4 nitrogen and oxygen atoms in total. The summed E-state index contributed by atoms with van der Waals surface area (Å²) in [5.74, 6) is -0.729. The maximum atomic E-state index is 13.4. The molecule has 1 fully saturated rings. The van der Waals surface area contributed by atoms with Gasteiger partial charge in [0.05, 0.1) is 6.04 Å². The van der Waals surface area contributed by atoms with Crippen LogP contribution in [0.2, 0.25) is 0 Å². The van der Waals surface area contributed by atoms with E-state index in [1.165, 1.54) is 17.0 Å². The van der Waals surface area contributed by atoms with E-state index in [4.69, 9.17) is 0 Å². The summed E-state index contributed by atoms with van der Waals surface area (Å²) in [4.78, 5) is 26.3. The second kappa shape index (κ2) is 6.59. The van der Waals surface area contributed by atoms with Crippen molar-refractivity contribution >= 4 is 28.3 Å². The van der Waals surface area contributed by atoms with Crippen LogP contribution in [-0.2, 0) is 4.79 Å². The molecule has 1 aliphatic heterocycles. The van der Waals surface area contributed by atoms with Gasteiger partial charge >= 0.3 is 0 Å². The first-order chi connectivity index (χ1) is 12.6. The third-order valence-electron chi connectivity index (χ3n) is 4.59. The lowest BCUT2D eigenvalue weighted by molar-refractivity contribution is -0.117. The van der Waals surface area contributed by atoms with Crippen molar-refractivity contribution in [3.63, 3.8) is 0 Å². The predicted molar refractivity (Wildman–Crippen MR) is 98.6 cm³/mol. The molecule has 0 spiro atoms. The Bertz CT molecular complexity index is 1000. The molecule has 3 aromatic carbocycles. The molecule has 0 saturated carbocycles. The predicted octanol–water partition coefficient (Wildman–Crippen LogP) is 3.51. The van der Waals surface area contributed by atoms with Crippen molar-refractivity contribution in [2.75, 3.05) is 11.4 Å². The Morgan fingerprint density at radius 3 is 2.62 bits per heavy atom. The minimum Gasteiger partial charge on any atom is -0.347 e. The molecule has 5 heteroatoms. The molecule has 130 valence electrons. The average Bonchev–Trinajstić information content (AvgIpc) is 3.01. The van der Waals surface area contributed by atoms with Crippen LogP contribution in [0, 0.1) is 5.82 Å². The zero-order chi connectivity index (χ0) is 18.1. The van der Waals surface area contributed by atoms with E-state index < -0.39 is 0 Å². The largest absolute Gasteiger partial charge is 0.347 e. The molecule has 0 bridgehead atoms. The number of carbonyl (C=O) groups is 2. The lowest BCUT2D eigenvalue weighted by Crippen LogP contribution is -2.37. The normalized spacial score (nSPS) is 16.9. The number of benzene rings is 3. The molecule has 1 unspecified atom stereocenters. The van der Waals surface area contributed by atoms with Crippen LogP contribution >= 0.6 is 0 Å². The van der Waals surface area contributed by atoms with Crippen LogP contribution in [0.15, 0.2) is 66.7 Å². The van der Waals surface area contributed by atoms with Crippen molar-refractivity contribution in [2.45, 2.75) is 12.5 Å². The first kappa shape index (κ1) is 16.3. The second-order valence-electron chi connectivity index (χ2n) is 6.42. The summed E-state index contributed by atoms with van der Waals surface area (Å²) in [5.41, 5.74) is 1.07. The lowest BCUT2D eigenvalue weighted by Gasteiger charge is -2.17. The summed E-state index contributed by atoms with van der Waals surface area (Å²) in [7, 11) is 0. The second-order valence-corrected chi connectivity index (χ2v) is 6.42. The maximum Gasteiger partial charge on any atom is 0.251 e. The topological polar surface area (TPSA) is 49.4 Å². The van der Waals surface area contributed by atoms with Crippen LogP contribution in [0.4, 0.5) is 10.1 Å². The first-order valence-corrected chi connectivity index (χ1v) is 8.46. The molecule has 26 heavy (non-hydrogen) atoms. The Kier molecular flexibility index (Phi) is 4.13. The molecule has 0 aliphatic carbocycles. The Morgan fingerprint density at radius 2 is 1.81 bits per heavy atom. The third-order valence-corrected chi connectivity index (χ3v) is 4.59. The number of carbonyl (C=O) groups excluding carboxylic acids is 2. The summed E-state index contributed by atoms with van der Waals surface area (Å²) in [5, 5.41) is 4.97. The van der Waals surface area contributed by atoms with Crippen molar-refractivity contribution in [3.8, 4) is 0 Å². The van der Waals surface area contributed by atoms with Gasteiger partial charge in [-0.25, -0.2) is 4.39 Å². The molecule has 3 aromatic rings. The zero-order valence-corrected chi connectivity index (χ0v) is 14.0.